The Bertz CT molecular complexity index is 1260. The van der Waals surface area contributed by atoms with Crippen LogP contribution in [0.5, 0.6) is 0 Å². The SMILES string of the molecule is C1CC1.CC(NC=O)c1c(F)c(Cl)c(-c2ccn3nc(NC=O)cc3c2)c2cn[nH]c12. The molecule has 1 aliphatic rings. The molecule has 31 heavy (non-hydrogen) atoms. The maximum Gasteiger partial charge on any atom is 0.212 e. The third kappa shape index (κ3) is 4.09. The maximum absolute atomic E-state index is 15.1. The Morgan fingerprint density at radius 1 is 1.26 bits per heavy atom. The van der Waals surface area contributed by atoms with Gasteiger partial charge in [-0.15, -0.1) is 0 Å². The second-order valence-electron chi connectivity index (χ2n) is 7.22. The minimum absolute atomic E-state index is 0.0708. The van der Waals surface area contributed by atoms with Crippen molar-refractivity contribution in [2.75, 3.05) is 5.32 Å². The van der Waals surface area contributed by atoms with Gasteiger partial charge in [0.05, 0.1) is 28.3 Å². The molecule has 2 amide bonds. The second-order valence-corrected chi connectivity index (χ2v) is 7.60. The van der Waals surface area contributed by atoms with Crippen molar-refractivity contribution in [1.82, 2.24) is 25.1 Å². The molecule has 160 valence electrons. The van der Waals surface area contributed by atoms with Crippen LogP contribution < -0.4 is 10.6 Å². The fourth-order valence-corrected chi connectivity index (χ4v) is 3.60. The molecule has 8 nitrogen and oxygen atoms in total. The zero-order valence-corrected chi connectivity index (χ0v) is 17.4. The Morgan fingerprint density at radius 2 is 2.03 bits per heavy atom. The quantitative estimate of drug-likeness (QED) is 0.389. The monoisotopic (exact) mass is 442 g/mol. The van der Waals surface area contributed by atoms with Gasteiger partial charge in [-0.25, -0.2) is 8.91 Å². The van der Waals surface area contributed by atoms with Crippen molar-refractivity contribution in [1.29, 1.82) is 0 Å². The maximum atomic E-state index is 15.1. The van der Waals surface area contributed by atoms with Gasteiger partial charge in [0.1, 0.15) is 5.82 Å². The zero-order chi connectivity index (χ0) is 22.0. The first-order chi connectivity index (χ1) is 15.0. The van der Waals surface area contributed by atoms with Crippen molar-refractivity contribution in [3.8, 4) is 11.1 Å². The molecule has 3 aromatic heterocycles. The molecule has 1 saturated carbocycles. The molecule has 10 heteroatoms. The molecule has 0 aliphatic heterocycles. The van der Waals surface area contributed by atoms with Crippen LogP contribution in [0.1, 0.15) is 37.8 Å². The molecule has 0 bridgehead atoms. The highest BCUT2D eigenvalue weighted by molar-refractivity contribution is 6.35. The first kappa shape index (κ1) is 20.8. The lowest BCUT2D eigenvalue weighted by molar-refractivity contribution is -0.110. The van der Waals surface area contributed by atoms with Crippen molar-refractivity contribution in [3.05, 3.63) is 47.0 Å². The summed E-state index contributed by atoms with van der Waals surface area (Å²) in [6.45, 7) is 1.66. The first-order valence-electron chi connectivity index (χ1n) is 9.78. The van der Waals surface area contributed by atoms with Crippen LogP contribution in [0.3, 0.4) is 0 Å². The number of nitrogens with one attached hydrogen (secondary N) is 3. The summed E-state index contributed by atoms with van der Waals surface area (Å²) in [5.74, 6) is -0.242. The summed E-state index contributed by atoms with van der Waals surface area (Å²) in [7, 11) is 0. The molecule has 1 aliphatic carbocycles. The van der Waals surface area contributed by atoms with Gasteiger partial charge in [0.15, 0.2) is 5.82 Å². The molecule has 4 aromatic rings. The minimum atomic E-state index is -0.632. The van der Waals surface area contributed by atoms with E-state index in [1.165, 1.54) is 19.3 Å². The van der Waals surface area contributed by atoms with Gasteiger partial charge in [-0.3, -0.25) is 14.7 Å². The van der Waals surface area contributed by atoms with E-state index in [0.717, 1.165) is 0 Å². The smallest absolute Gasteiger partial charge is 0.212 e. The van der Waals surface area contributed by atoms with Crippen LogP contribution in [0.4, 0.5) is 10.2 Å². The lowest BCUT2D eigenvalue weighted by atomic mass is 9.96. The molecule has 5 rings (SSSR count). The van der Waals surface area contributed by atoms with Gasteiger partial charge in [0.2, 0.25) is 12.8 Å². The number of carbonyl (C=O) groups excluding carboxylic acids is 2. The van der Waals surface area contributed by atoms with Crippen LogP contribution in [-0.2, 0) is 9.59 Å². The standard InChI is InChI=1S/C18H14ClFN6O2.C3H6/c1-9(21-7-27)14-17(20)16(19)15(12-6-23-24-18(12)14)10-2-3-26-11(4-10)5-13(25-26)22-8-28;1-2-3-1/h2-9H,1H3,(H,21,27)(H,23,24)(H,22,25,28);1-3H2. The number of carbonyl (C=O) groups is 2. The largest absolute Gasteiger partial charge is 0.352 e. The molecule has 0 saturated heterocycles. The van der Waals surface area contributed by atoms with Gasteiger partial charge in [0, 0.05) is 28.8 Å². The highest BCUT2D eigenvalue weighted by Crippen LogP contribution is 2.41. The fourth-order valence-electron chi connectivity index (χ4n) is 3.29. The number of hydrogen-bond acceptors (Lipinski definition) is 4. The van der Waals surface area contributed by atoms with Crippen molar-refractivity contribution >= 4 is 46.7 Å². The van der Waals surface area contributed by atoms with Gasteiger partial charge < -0.3 is 10.6 Å². The Balaban J connectivity index is 0.000000710. The van der Waals surface area contributed by atoms with E-state index in [1.807, 2.05) is 0 Å². The molecule has 1 unspecified atom stereocenters. The van der Waals surface area contributed by atoms with Gasteiger partial charge in [-0.1, -0.05) is 30.9 Å². The van der Waals surface area contributed by atoms with E-state index < -0.39 is 11.9 Å². The summed E-state index contributed by atoms with van der Waals surface area (Å²) in [5.41, 5.74) is 2.50. The molecule has 0 spiro atoms. The second kappa shape index (κ2) is 8.73. The van der Waals surface area contributed by atoms with Crippen molar-refractivity contribution < 1.29 is 14.0 Å². The normalized spacial score (nSPS) is 13.4. The van der Waals surface area contributed by atoms with Gasteiger partial charge in [-0.2, -0.15) is 10.2 Å². The number of anilines is 1. The van der Waals surface area contributed by atoms with Crippen molar-refractivity contribution in [2.45, 2.75) is 32.2 Å². The number of fused-ring (bicyclic) bond motifs is 2. The third-order valence-electron chi connectivity index (χ3n) is 4.89. The molecule has 1 atom stereocenters. The van der Waals surface area contributed by atoms with Crippen LogP contribution in [-0.4, -0.2) is 32.6 Å². The average molecular weight is 443 g/mol. The Kier molecular flexibility index (Phi) is 5.85. The Labute approximate surface area is 181 Å². The molecular weight excluding hydrogens is 423 g/mol. The minimum Gasteiger partial charge on any atom is -0.352 e. The number of amides is 2. The van der Waals surface area contributed by atoms with E-state index in [4.69, 9.17) is 11.6 Å². The van der Waals surface area contributed by atoms with Crippen LogP contribution in [0.2, 0.25) is 5.02 Å². The lowest BCUT2D eigenvalue weighted by Crippen LogP contribution is -2.18. The van der Waals surface area contributed by atoms with E-state index in [9.17, 15) is 9.59 Å². The highest BCUT2D eigenvalue weighted by Gasteiger charge is 2.24. The Morgan fingerprint density at radius 3 is 2.71 bits per heavy atom. The van der Waals surface area contributed by atoms with E-state index >= 15 is 4.39 Å². The summed E-state index contributed by atoms with van der Waals surface area (Å²) < 4.78 is 16.7. The Hall–Kier alpha value is -3.46. The van der Waals surface area contributed by atoms with E-state index in [1.54, 1.807) is 42.0 Å². The summed E-state index contributed by atoms with van der Waals surface area (Å²) in [6.07, 6.45) is 8.79. The van der Waals surface area contributed by atoms with E-state index in [2.05, 4.69) is 25.9 Å². The lowest BCUT2D eigenvalue weighted by Gasteiger charge is -2.17. The van der Waals surface area contributed by atoms with E-state index in [0.29, 0.717) is 46.2 Å². The fraction of sp³-hybridized carbons (Fsp3) is 0.238. The summed E-state index contributed by atoms with van der Waals surface area (Å²) in [5, 5.41) is 16.6. The number of nitrogens with zero attached hydrogens (tertiary/aromatic N) is 3. The molecular formula is C21H20ClFN6O2. The molecule has 3 heterocycles. The predicted molar refractivity (Wildman–Crippen MR) is 116 cm³/mol. The highest BCUT2D eigenvalue weighted by atomic mass is 35.5. The number of halogens is 2. The number of pyridine rings is 1. The number of hydrogen-bond donors (Lipinski definition) is 3. The molecule has 0 radical (unpaired) electrons. The number of aromatic amines is 1. The summed E-state index contributed by atoms with van der Waals surface area (Å²) >= 11 is 6.41. The number of benzene rings is 1. The topological polar surface area (TPSA) is 104 Å². The van der Waals surface area contributed by atoms with Crippen LogP contribution in [0.25, 0.3) is 27.5 Å². The zero-order valence-electron chi connectivity index (χ0n) is 16.7. The van der Waals surface area contributed by atoms with Crippen molar-refractivity contribution in [2.24, 2.45) is 0 Å². The average Bonchev–Trinajstić information content (AvgIpc) is 3.47. The summed E-state index contributed by atoms with van der Waals surface area (Å²) in [4.78, 5) is 21.4. The molecule has 1 aromatic carbocycles. The number of aromatic nitrogens is 4. The third-order valence-corrected chi connectivity index (χ3v) is 5.24. The van der Waals surface area contributed by atoms with Crippen molar-refractivity contribution in [3.63, 3.8) is 0 Å². The number of rotatable bonds is 6. The summed E-state index contributed by atoms with van der Waals surface area (Å²) in [6, 6.07) is 4.60. The van der Waals surface area contributed by atoms with Crippen LogP contribution in [0, 0.1) is 5.82 Å². The van der Waals surface area contributed by atoms with Gasteiger partial charge in [0.25, 0.3) is 0 Å². The van der Waals surface area contributed by atoms with Gasteiger partial charge in [-0.05, 0) is 24.6 Å². The number of H-pyrrole nitrogens is 1. The van der Waals surface area contributed by atoms with E-state index in [-0.39, 0.29) is 10.6 Å². The molecule has 1 fully saturated rings. The van der Waals surface area contributed by atoms with Crippen LogP contribution in [0.15, 0.2) is 30.6 Å². The predicted octanol–water partition coefficient (Wildman–Crippen LogP) is 4.22. The molecule has 3 N–H and O–H groups in total. The van der Waals surface area contributed by atoms with Crippen LogP contribution >= 0.6 is 11.6 Å². The van der Waals surface area contributed by atoms with Gasteiger partial charge >= 0.3 is 0 Å². The first-order valence-corrected chi connectivity index (χ1v) is 10.2.